The largest absolute Gasteiger partial charge is 0.484 e. The van der Waals surface area contributed by atoms with Crippen LogP contribution in [0.2, 0.25) is 0 Å². The minimum atomic E-state index is -4.37. The van der Waals surface area contributed by atoms with E-state index in [9.17, 15) is 18.0 Å². The first-order valence-corrected chi connectivity index (χ1v) is 4.57. The highest BCUT2D eigenvalue weighted by molar-refractivity contribution is 5.75. The normalized spacial score (nSPS) is 11.0. The molecule has 0 aliphatic heterocycles. The van der Waals surface area contributed by atoms with E-state index in [4.69, 9.17) is 10.5 Å². The quantitative estimate of drug-likeness (QED) is 0.860. The molecule has 0 radical (unpaired) electrons. The van der Waals surface area contributed by atoms with E-state index in [0.717, 1.165) is 0 Å². The van der Waals surface area contributed by atoms with Crippen LogP contribution in [0.25, 0.3) is 0 Å². The molecule has 0 bridgehead atoms. The Morgan fingerprint density at radius 3 is 2.00 bits per heavy atom. The minimum absolute atomic E-state index is 0.0637. The Morgan fingerprint density at radius 1 is 1.12 bits per heavy atom. The Kier molecular flexibility index (Phi) is 4.19. The van der Waals surface area contributed by atoms with Gasteiger partial charge >= 0.3 is 6.18 Å². The fraction of sp³-hybridized carbons (Fsp3) is 0.300. The number of amides is 1. The van der Waals surface area contributed by atoms with Gasteiger partial charge in [0.25, 0.3) is 5.91 Å². The molecule has 1 aromatic rings. The zero-order valence-corrected chi connectivity index (χ0v) is 8.66. The standard InChI is InChI=1S/C10H10F3NO3/c11-10(12,13)6-17-8-3-1-7(2-4-8)16-5-9(14)15/h1-4H,5-6H2,(H2,14,15). The Bertz CT molecular complexity index is 375. The van der Waals surface area contributed by atoms with Crippen molar-refractivity contribution in [1.82, 2.24) is 0 Å². The fourth-order valence-corrected chi connectivity index (χ4v) is 0.952. The van der Waals surface area contributed by atoms with Gasteiger partial charge in [0.05, 0.1) is 0 Å². The summed E-state index contributed by atoms with van der Waals surface area (Å²) in [7, 11) is 0. The average molecular weight is 249 g/mol. The number of hydrogen-bond acceptors (Lipinski definition) is 3. The molecule has 94 valence electrons. The molecule has 0 aliphatic rings. The number of ether oxygens (including phenoxy) is 2. The molecule has 4 nitrogen and oxygen atoms in total. The van der Waals surface area contributed by atoms with Crippen LogP contribution < -0.4 is 15.2 Å². The lowest BCUT2D eigenvalue weighted by Crippen LogP contribution is -2.20. The van der Waals surface area contributed by atoms with E-state index in [2.05, 4.69) is 4.74 Å². The fourth-order valence-electron chi connectivity index (χ4n) is 0.952. The summed E-state index contributed by atoms with van der Waals surface area (Å²) in [5, 5.41) is 0. The number of hydrogen-bond donors (Lipinski definition) is 1. The van der Waals surface area contributed by atoms with Crippen LogP contribution in [0.15, 0.2) is 24.3 Å². The predicted octanol–water partition coefficient (Wildman–Crippen LogP) is 1.49. The maximum absolute atomic E-state index is 11.8. The number of alkyl halides is 3. The Balaban J connectivity index is 2.47. The Labute approximate surface area is 95.1 Å². The van der Waals surface area contributed by atoms with E-state index in [1.54, 1.807) is 0 Å². The van der Waals surface area contributed by atoms with E-state index in [1.807, 2.05) is 0 Å². The van der Waals surface area contributed by atoms with Crippen molar-refractivity contribution in [3.05, 3.63) is 24.3 Å². The number of carbonyl (C=O) groups excluding carboxylic acids is 1. The van der Waals surface area contributed by atoms with Crippen LogP contribution >= 0.6 is 0 Å². The third-order valence-electron chi connectivity index (χ3n) is 1.61. The molecule has 2 N–H and O–H groups in total. The SMILES string of the molecule is NC(=O)COc1ccc(OCC(F)(F)F)cc1. The van der Waals surface area contributed by atoms with Gasteiger partial charge in [0.2, 0.25) is 0 Å². The van der Waals surface area contributed by atoms with Gasteiger partial charge in [0.15, 0.2) is 13.2 Å². The van der Waals surface area contributed by atoms with Gasteiger partial charge in [-0.2, -0.15) is 13.2 Å². The molecule has 0 heterocycles. The average Bonchev–Trinajstić information content (AvgIpc) is 2.24. The molecule has 0 saturated heterocycles. The van der Waals surface area contributed by atoms with Gasteiger partial charge in [0, 0.05) is 0 Å². The van der Waals surface area contributed by atoms with Gasteiger partial charge in [0.1, 0.15) is 11.5 Å². The van der Waals surface area contributed by atoms with Crippen LogP contribution in [-0.4, -0.2) is 25.3 Å². The van der Waals surface area contributed by atoms with Gasteiger partial charge < -0.3 is 15.2 Å². The minimum Gasteiger partial charge on any atom is -0.484 e. The summed E-state index contributed by atoms with van der Waals surface area (Å²) in [4.78, 5) is 10.4. The van der Waals surface area contributed by atoms with E-state index >= 15 is 0 Å². The first-order valence-electron chi connectivity index (χ1n) is 4.57. The zero-order valence-electron chi connectivity index (χ0n) is 8.66. The van der Waals surface area contributed by atoms with E-state index < -0.39 is 18.7 Å². The Hall–Kier alpha value is -1.92. The molecule has 0 aromatic heterocycles. The molecule has 0 fully saturated rings. The van der Waals surface area contributed by atoms with Crippen molar-refractivity contribution in [2.24, 2.45) is 5.73 Å². The summed E-state index contributed by atoms with van der Waals surface area (Å²) in [5.41, 5.74) is 4.85. The highest BCUT2D eigenvalue weighted by Gasteiger charge is 2.28. The van der Waals surface area contributed by atoms with Gasteiger partial charge in [-0.25, -0.2) is 0 Å². The molecule has 0 unspecified atom stereocenters. The van der Waals surface area contributed by atoms with Crippen molar-refractivity contribution in [3.8, 4) is 11.5 Å². The van der Waals surface area contributed by atoms with Crippen molar-refractivity contribution in [3.63, 3.8) is 0 Å². The number of nitrogens with two attached hydrogens (primary N) is 1. The third-order valence-corrected chi connectivity index (χ3v) is 1.61. The molecule has 17 heavy (non-hydrogen) atoms. The maximum atomic E-state index is 11.8. The maximum Gasteiger partial charge on any atom is 0.422 e. The summed E-state index contributed by atoms with van der Waals surface area (Å²) in [5.74, 6) is -0.251. The van der Waals surface area contributed by atoms with Gasteiger partial charge in [-0.1, -0.05) is 0 Å². The summed E-state index contributed by atoms with van der Waals surface area (Å²) >= 11 is 0. The Morgan fingerprint density at radius 2 is 1.59 bits per heavy atom. The number of primary amides is 1. The topological polar surface area (TPSA) is 61.6 Å². The zero-order chi connectivity index (χ0) is 12.9. The monoisotopic (exact) mass is 249 g/mol. The van der Waals surface area contributed by atoms with Crippen molar-refractivity contribution >= 4 is 5.91 Å². The third kappa shape index (κ3) is 5.64. The smallest absolute Gasteiger partial charge is 0.422 e. The van der Waals surface area contributed by atoms with E-state index in [0.29, 0.717) is 5.75 Å². The van der Waals surface area contributed by atoms with Gasteiger partial charge in [-0.15, -0.1) is 0 Å². The van der Waals surface area contributed by atoms with Crippen LogP contribution in [0, 0.1) is 0 Å². The molecule has 0 saturated carbocycles. The van der Waals surface area contributed by atoms with Crippen LogP contribution in [0.1, 0.15) is 0 Å². The lowest BCUT2D eigenvalue weighted by Gasteiger charge is -2.09. The summed E-state index contributed by atoms with van der Waals surface area (Å²) < 4.78 is 44.9. The molecule has 0 atom stereocenters. The first kappa shape index (κ1) is 13.1. The number of carbonyl (C=O) groups is 1. The summed E-state index contributed by atoms with van der Waals surface area (Å²) in [6.07, 6.45) is -4.37. The lowest BCUT2D eigenvalue weighted by molar-refractivity contribution is -0.153. The highest BCUT2D eigenvalue weighted by atomic mass is 19.4. The lowest BCUT2D eigenvalue weighted by atomic mass is 10.3. The number of benzene rings is 1. The van der Waals surface area contributed by atoms with E-state index in [-0.39, 0.29) is 12.4 Å². The second kappa shape index (κ2) is 5.42. The molecule has 1 aromatic carbocycles. The summed E-state index contributed by atoms with van der Waals surface area (Å²) in [6, 6.07) is 5.38. The summed E-state index contributed by atoms with van der Waals surface area (Å²) in [6.45, 7) is -1.64. The molecule has 1 rings (SSSR count). The van der Waals surface area contributed by atoms with E-state index in [1.165, 1.54) is 24.3 Å². The second-order valence-corrected chi connectivity index (χ2v) is 3.13. The van der Waals surface area contributed by atoms with Crippen molar-refractivity contribution < 1.29 is 27.4 Å². The van der Waals surface area contributed by atoms with Crippen LogP contribution in [-0.2, 0) is 4.79 Å². The molecular weight excluding hydrogens is 239 g/mol. The van der Waals surface area contributed by atoms with Crippen LogP contribution in [0.4, 0.5) is 13.2 Å². The van der Waals surface area contributed by atoms with Gasteiger partial charge in [-0.3, -0.25) is 4.79 Å². The van der Waals surface area contributed by atoms with Crippen molar-refractivity contribution in [2.75, 3.05) is 13.2 Å². The second-order valence-electron chi connectivity index (χ2n) is 3.13. The van der Waals surface area contributed by atoms with Crippen LogP contribution in [0.3, 0.4) is 0 Å². The molecule has 0 aliphatic carbocycles. The molecular formula is C10H10F3NO3. The van der Waals surface area contributed by atoms with Crippen molar-refractivity contribution in [2.45, 2.75) is 6.18 Å². The number of halogens is 3. The number of rotatable bonds is 5. The molecule has 7 heteroatoms. The van der Waals surface area contributed by atoms with Gasteiger partial charge in [-0.05, 0) is 24.3 Å². The van der Waals surface area contributed by atoms with Crippen molar-refractivity contribution in [1.29, 1.82) is 0 Å². The molecule has 1 amide bonds. The predicted molar refractivity (Wildman–Crippen MR) is 52.7 cm³/mol. The first-order chi connectivity index (χ1) is 7.87. The highest BCUT2D eigenvalue weighted by Crippen LogP contribution is 2.21. The molecule has 0 spiro atoms. The van der Waals surface area contributed by atoms with Crippen LogP contribution in [0.5, 0.6) is 11.5 Å².